The second-order valence-electron chi connectivity index (χ2n) is 7.96. The number of hydrogen-bond donors (Lipinski definition) is 4. The molecule has 0 aliphatic carbocycles. The van der Waals surface area contributed by atoms with Gasteiger partial charge in [-0.25, -0.2) is 9.64 Å². The van der Waals surface area contributed by atoms with Gasteiger partial charge in [0.05, 0.1) is 29.8 Å². The monoisotopic (exact) mass is 537 g/mol. The van der Waals surface area contributed by atoms with Crippen molar-refractivity contribution in [1.82, 2.24) is 10.3 Å². The van der Waals surface area contributed by atoms with Crippen molar-refractivity contribution < 1.29 is 19.2 Å². The van der Waals surface area contributed by atoms with Crippen LogP contribution in [0.15, 0.2) is 60.8 Å². The largest absolute Gasteiger partial charge is 0.491 e. The number of nitrogens with two attached hydrogens (primary N) is 1. The van der Waals surface area contributed by atoms with Crippen LogP contribution in [-0.4, -0.2) is 41.0 Å². The van der Waals surface area contributed by atoms with Gasteiger partial charge in [0.2, 0.25) is 11.6 Å². The first-order chi connectivity index (χ1) is 18.2. The molecule has 2 aromatic carbocycles. The fraction of sp³-hybridized carbons (Fsp3) is 0.200. The maximum atomic E-state index is 12.4. The molecule has 1 aromatic heterocycles. The predicted molar refractivity (Wildman–Crippen MR) is 142 cm³/mol. The van der Waals surface area contributed by atoms with Gasteiger partial charge < -0.3 is 21.1 Å². The van der Waals surface area contributed by atoms with Crippen molar-refractivity contribution in [2.45, 2.75) is 18.9 Å². The lowest BCUT2D eigenvalue weighted by molar-refractivity contribution is -0.384. The summed E-state index contributed by atoms with van der Waals surface area (Å²) in [6.07, 6.45) is 2.04. The SMILES string of the molecule is [C-]#[N+]c1ccc(NC(=O)Nc2cc(Cl)ccc2OCCCNC(=O)C(N)Cc2ccc([N+](=O)[O-])cc2)nc1. The van der Waals surface area contributed by atoms with Crippen molar-refractivity contribution >= 4 is 46.4 Å². The van der Waals surface area contributed by atoms with Gasteiger partial charge in [-0.1, -0.05) is 29.8 Å². The average Bonchev–Trinajstić information content (AvgIpc) is 2.90. The number of carbonyl (C=O) groups excluding carboxylic acids is 2. The number of amides is 3. The van der Waals surface area contributed by atoms with E-state index in [0.29, 0.717) is 40.7 Å². The minimum absolute atomic E-state index is 0.0318. The standard InChI is InChI=1S/C25H24ClN7O5/c1-28-18-6-10-23(30-15-18)32-25(35)31-21-14-17(26)5-9-22(21)38-12-2-11-29-24(34)20(27)13-16-3-7-19(8-4-16)33(36)37/h3-10,14-15,20H,2,11-13,27H2,(H,29,34)(H2,30,31,32,35). The molecule has 3 aromatic rings. The molecule has 38 heavy (non-hydrogen) atoms. The zero-order valence-electron chi connectivity index (χ0n) is 20.0. The molecule has 1 atom stereocenters. The minimum atomic E-state index is -0.810. The van der Waals surface area contributed by atoms with Crippen molar-refractivity contribution in [1.29, 1.82) is 0 Å². The molecule has 0 radical (unpaired) electrons. The third-order valence-electron chi connectivity index (χ3n) is 5.13. The highest BCUT2D eigenvalue weighted by atomic mass is 35.5. The quantitative estimate of drug-likeness (QED) is 0.122. The van der Waals surface area contributed by atoms with E-state index in [-0.39, 0.29) is 30.4 Å². The lowest BCUT2D eigenvalue weighted by Gasteiger charge is -2.15. The number of carbonyl (C=O) groups is 2. The Morgan fingerprint density at radius 2 is 1.92 bits per heavy atom. The number of rotatable bonds is 11. The Kier molecular flexibility index (Phi) is 9.93. The number of hydrogen-bond acceptors (Lipinski definition) is 7. The van der Waals surface area contributed by atoms with Crippen LogP contribution in [0.3, 0.4) is 0 Å². The molecule has 1 heterocycles. The highest BCUT2D eigenvalue weighted by molar-refractivity contribution is 6.31. The van der Waals surface area contributed by atoms with E-state index in [9.17, 15) is 19.7 Å². The molecule has 0 aliphatic rings. The Labute approximate surface area is 223 Å². The van der Waals surface area contributed by atoms with Crippen LogP contribution < -0.4 is 26.4 Å². The lowest BCUT2D eigenvalue weighted by atomic mass is 10.1. The van der Waals surface area contributed by atoms with Crippen LogP contribution in [0.5, 0.6) is 5.75 Å². The molecule has 12 nitrogen and oxygen atoms in total. The number of halogens is 1. The van der Waals surface area contributed by atoms with Crippen LogP contribution in [0.25, 0.3) is 4.85 Å². The smallest absolute Gasteiger partial charge is 0.324 e. The summed E-state index contributed by atoms with van der Waals surface area (Å²) in [6.45, 7) is 7.48. The molecule has 1 unspecified atom stereocenters. The number of non-ortho nitro benzene ring substituents is 1. The summed E-state index contributed by atoms with van der Waals surface area (Å²) in [5.74, 6) is 0.288. The third kappa shape index (κ3) is 8.44. The van der Waals surface area contributed by atoms with Crippen LogP contribution in [0.4, 0.5) is 27.7 Å². The van der Waals surface area contributed by atoms with Gasteiger partial charge in [0.25, 0.3) is 5.69 Å². The molecule has 196 valence electrons. The maximum Gasteiger partial charge on any atom is 0.324 e. The third-order valence-corrected chi connectivity index (χ3v) is 5.36. The van der Waals surface area contributed by atoms with E-state index in [1.54, 1.807) is 24.3 Å². The van der Waals surface area contributed by atoms with Gasteiger partial charge in [-0.3, -0.25) is 25.2 Å². The summed E-state index contributed by atoms with van der Waals surface area (Å²) in [4.78, 5) is 42.1. The van der Waals surface area contributed by atoms with E-state index in [1.165, 1.54) is 36.5 Å². The fourth-order valence-corrected chi connectivity index (χ4v) is 3.39. The Balaban J connectivity index is 1.44. The number of aromatic nitrogens is 1. The molecule has 5 N–H and O–H groups in total. The molecule has 0 saturated carbocycles. The molecule has 0 saturated heterocycles. The van der Waals surface area contributed by atoms with E-state index >= 15 is 0 Å². The zero-order chi connectivity index (χ0) is 27.5. The Bertz CT molecular complexity index is 1330. The Morgan fingerprint density at radius 3 is 2.58 bits per heavy atom. The molecule has 0 spiro atoms. The fourth-order valence-electron chi connectivity index (χ4n) is 3.22. The van der Waals surface area contributed by atoms with Crippen molar-refractivity contribution in [3.8, 4) is 5.75 Å². The second kappa shape index (κ2) is 13.5. The first-order valence-corrected chi connectivity index (χ1v) is 11.7. The predicted octanol–water partition coefficient (Wildman–Crippen LogP) is 4.29. The summed E-state index contributed by atoms with van der Waals surface area (Å²) in [6, 6.07) is 12.3. The van der Waals surface area contributed by atoms with Crippen LogP contribution in [0, 0.1) is 16.7 Å². The molecule has 0 bridgehead atoms. The van der Waals surface area contributed by atoms with E-state index < -0.39 is 17.0 Å². The van der Waals surface area contributed by atoms with Crippen molar-refractivity contribution in [2.75, 3.05) is 23.8 Å². The topological polar surface area (TPSA) is 166 Å². The normalized spacial score (nSPS) is 11.1. The van der Waals surface area contributed by atoms with Crippen molar-refractivity contribution in [2.24, 2.45) is 5.73 Å². The highest BCUT2D eigenvalue weighted by Gasteiger charge is 2.15. The number of pyridine rings is 1. The molecule has 3 amide bonds. The molecular formula is C25H24ClN7O5. The summed E-state index contributed by atoms with van der Waals surface area (Å²) in [5.41, 5.74) is 7.32. The average molecular weight is 538 g/mol. The molecule has 0 fully saturated rings. The number of benzene rings is 2. The van der Waals surface area contributed by atoms with E-state index in [2.05, 4.69) is 25.8 Å². The van der Waals surface area contributed by atoms with Gasteiger partial charge in [0, 0.05) is 29.9 Å². The van der Waals surface area contributed by atoms with Crippen LogP contribution in [0.2, 0.25) is 5.02 Å². The Hall–Kier alpha value is -4.73. The van der Waals surface area contributed by atoms with Gasteiger partial charge in [0.15, 0.2) is 0 Å². The van der Waals surface area contributed by atoms with Gasteiger partial charge in [0.1, 0.15) is 11.6 Å². The summed E-state index contributed by atoms with van der Waals surface area (Å²) in [7, 11) is 0. The first kappa shape index (κ1) is 27.9. The number of nitro groups is 1. The van der Waals surface area contributed by atoms with E-state index in [1.807, 2.05) is 0 Å². The molecule has 3 rings (SSSR count). The number of nitrogens with zero attached hydrogens (tertiary/aromatic N) is 3. The van der Waals surface area contributed by atoms with E-state index in [4.69, 9.17) is 28.6 Å². The number of urea groups is 1. The van der Waals surface area contributed by atoms with Crippen LogP contribution in [-0.2, 0) is 11.2 Å². The lowest BCUT2D eigenvalue weighted by Crippen LogP contribution is -2.42. The maximum absolute atomic E-state index is 12.4. The number of nitro benzene ring substituents is 1. The minimum Gasteiger partial charge on any atom is -0.491 e. The summed E-state index contributed by atoms with van der Waals surface area (Å²) in [5, 5.41) is 19.1. The Morgan fingerprint density at radius 1 is 1.16 bits per heavy atom. The van der Waals surface area contributed by atoms with Crippen molar-refractivity contribution in [3.63, 3.8) is 0 Å². The highest BCUT2D eigenvalue weighted by Crippen LogP contribution is 2.28. The second-order valence-corrected chi connectivity index (χ2v) is 8.40. The van der Waals surface area contributed by atoms with Crippen molar-refractivity contribution in [3.05, 3.63) is 92.9 Å². The summed E-state index contributed by atoms with van der Waals surface area (Å²) >= 11 is 6.06. The summed E-state index contributed by atoms with van der Waals surface area (Å²) < 4.78 is 5.75. The van der Waals surface area contributed by atoms with E-state index in [0.717, 1.165) is 0 Å². The van der Waals surface area contributed by atoms with Crippen LogP contribution >= 0.6 is 11.6 Å². The number of nitrogens with one attached hydrogen (secondary N) is 3. The first-order valence-electron chi connectivity index (χ1n) is 11.4. The van der Waals surface area contributed by atoms with Gasteiger partial charge in [-0.05, 0) is 42.7 Å². The zero-order valence-corrected chi connectivity index (χ0v) is 20.8. The molecular weight excluding hydrogens is 514 g/mol. The number of ether oxygens (including phenoxy) is 1. The molecule has 0 aliphatic heterocycles. The number of anilines is 2. The van der Waals surface area contributed by atoms with Gasteiger partial charge in [-0.15, -0.1) is 0 Å². The van der Waals surface area contributed by atoms with Crippen LogP contribution in [0.1, 0.15) is 12.0 Å². The van der Waals surface area contributed by atoms with Gasteiger partial charge >= 0.3 is 6.03 Å². The van der Waals surface area contributed by atoms with Gasteiger partial charge in [-0.2, -0.15) is 0 Å². The molecule has 13 heteroatoms.